The first-order chi connectivity index (χ1) is 7.69. The molecule has 4 N–H and O–H groups in total. The van der Waals surface area contributed by atoms with Gasteiger partial charge >= 0.3 is 0 Å². The molecule has 5 nitrogen and oxygen atoms in total. The van der Waals surface area contributed by atoms with Crippen molar-refractivity contribution in [3.8, 4) is 0 Å². The molecule has 88 valence electrons. The van der Waals surface area contributed by atoms with Crippen molar-refractivity contribution in [2.24, 2.45) is 5.73 Å². The van der Waals surface area contributed by atoms with E-state index < -0.39 is 0 Å². The highest BCUT2D eigenvalue weighted by Gasteiger charge is 2.07. The molecule has 6 heteroatoms. The number of pyridine rings is 1. The fourth-order valence-corrected chi connectivity index (χ4v) is 1.47. The van der Waals surface area contributed by atoms with Crippen molar-refractivity contribution < 1.29 is 10.2 Å². The van der Waals surface area contributed by atoms with Crippen LogP contribution >= 0.6 is 12.2 Å². The van der Waals surface area contributed by atoms with E-state index in [2.05, 4.69) is 4.98 Å². The van der Waals surface area contributed by atoms with Gasteiger partial charge in [-0.15, -0.1) is 0 Å². The Bertz CT molecular complexity index is 354. The summed E-state index contributed by atoms with van der Waals surface area (Å²) in [4.78, 5) is 6.09. The molecule has 1 aromatic rings. The Morgan fingerprint density at radius 3 is 2.50 bits per heavy atom. The van der Waals surface area contributed by atoms with E-state index in [9.17, 15) is 0 Å². The second-order valence-corrected chi connectivity index (χ2v) is 3.64. The quantitative estimate of drug-likeness (QED) is 0.583. The summed E-state index contributed by atoms with van der Waals surface area (Å²) in [5.74, 6) is 0. The van der Waals surface area contributed by atoms with Gasteiger partial charge in [0.1, 0.15) is 4.99 Å². The number of hydrogen-bond acceptors (Lipinski definition) is 5. The molecule has 1 heterocycles. The molecule has 16 heavy (non-hydrogen) atoms. The number of rotatable bonds is 6. The van der Waals surface area contributed by atoms with Crippen LogP contribution in [0.5, 0.6) is 0 Å². The van der Waals surface area contributed by atoms with Gasteiger partial charge in [0.2, 0.25) is 0 Å². The van der Waals surface area contributed by atoms with Gasteiger partial charge in [-0.25, -0.2) is 0 Å². The highest BCUT2D eigenvalue weighted by Crippen LogP contribution is 2.13. The van der Waals surface area contributed by atoms with Crippen LogP contribution in [0.15, 0.2) is 18.3 Å². The zero-order valence-electron chi connectivity index (χ0n) is 8.83. The molecule has 1 rings (SSSR count). The Kier molecular flexibility index (Phi) is 5.10. The summed E-state index contributed by atoms with van der Waals surface area (Å²) < 4.78 is 0. The molecule has 0 radical (unpaired) electrons. The molecule has 0 fully saturated rings. The highest BCUT2D eigenvalue weighted by atomic mass is 32.1. The third-order valence-electron chi connectivity index (χ3n) is 2.10. The largest absolute Gasteiger partial charge is 0.395 e. The van der Waals surface area contributed by atoms with Gasteiger partial charge in [0.05, 0.1) is 18.9 Å². The average molecular weight is 241 g/mol. The molecular weight excluding hydrogens is 226 g/mol. The van der Waals surface area contributed by atoms with Gasteiger partial charge in [0, 0.05) is 25.0 Å². The second-order valence-electron chi connectivity index (χ2n) is 3.20. The van der Waals surface area contributed by atoms with Crippen LogP contribution in [0.25, 0.3) is 0 Å². The molecule has 0 aromatic carbocycles. The lowest BCUT2D eigenvalue weighted by Crippen LogP contribution is -2.30. The Hall–Kier alpha value is -1.24. The monoisotopic (exact) mass is 241 g/mol. The van der Waals surface area contributed by atoms with E-state index in [0.29, 0.717) is 18.8 Å². The molecule has 0 aliphatic rings. The van der Waals surface area contributed by atoms with Crippen molar-refractivity contribution >= 4 is 22.9 Å². The maximum atomic E-state index is 8.91. The average Bonchev–Trinajstić information content (AvgIpc) is 2.29. The number of aliphatic hydroxyl groups is 2. The normalized spacial score (nSPS) is 10.1. The number of nitrogens with zero attached hydrogens (tertiary/aromatic N) is 2. The number of hydrogen-bond donors (Lipinski definition) is 3. The van der Waals surface area contributed by atoms with Crippen LogP contribution in [-0.4, -0.2) is 46.5 Å². The van der Waals surface area contributed by atoms with Gasteiger partial charge in [-0.2, -0.15) is 0 Å². The molecule has 0 saturated carbocycles. The fraction of sp³-hybridized carbons (Fsp3) is 0.400. The van der Waals surface area contributed by atoms with Gasteiger partial charge in [-0.3, -0.25) is 4.98 Å². The lowest BCUT2D eigenvalue weighted by Gasteiger charge is -2.23. The van der Waals surface area contributed by atoms with E-state index >= 15 is 0 Å². The minimum Gasteiger partial charge on any atom is -0.395 e. The van der Waals surface area contributed by atoms with Gasteiger partial charge in [-0.05, 0) is 12.1 Å². The van der Waals surface area contributed by atoms with Crippen molar-refractivity contribution in [1.29, 1.82) is 0 Å². The van der Waals surface area contributed by atoms with Crippen molar-refractivity contribution in [3.63, 3.8) is 0 Å². The van der Waals surface area contributed by atoms with Crippen LogP contribution in [0.2, 0.25) is 0 Å². The van der Waals surface area contributed by atoms with Crippen LogP contribution in [0, 0.1) is 0 Å². The maximum Gasteiger partial charge on any atom is 0.122 e. The number of aliphatic hydroxyl groups excluding tert-OH is 2. The van der Waals surface area contributed by atoms with Gasteiger partial charge in [-0.1, -0.05) is 12.2 Å². The van der Waals surface area contributed by atoms with Crippen molar-refractivity contribution in [2.45, 2.75) is 0 Å². The third kappa shape index (κ3) is 3.41. The summed E-state index contributed by atoms with van der Waals surface area (Å²) >= 11 is 4.84. The maximum absolute atomic E-state index is 8.91. The number of nitrogens with two attached hydrogens (primary N) is 1. The van der Waals surface area contributed by atoms with E-state index in [-0.39, 0.29) is 18.2 Å². The SMILES string of the molecule is NC(=S)c1cc(N(CCO)CCO)ccn1. The molecule has 0 spiro atoms. The van der Waals surface area contributed by atoms with Crippen molar-refractivity contribution in [2.75, 3.05) is 31.2 Å². The molecule has 0 aliphatic carbocycles. The molecule has 0 unspecified atom stereocenters. The molecule has 0 bridgehead atoms. The predicted octanol–water partition coefficient (Wildman–Crippen LogP) is -0.493. The first-order valence-electron chi connectivity index (χ1n) is 4.91. The summed E-state index contributed by atoms with van der Waals surface area (Å²) in [5, 5.41) is 17.8. The number of anilines is 1. The molecule has 0 saturated heterocycles. The van der Waals surface area contributed by atoms with Crippen LogP contribution in [-0.2, 0) is 0 Å². The summed E-state index contributed by atoms with van der Waals surface area (Å²) in [5.41, 5.74) is 6.85. The van der Waals surface area contributed by atoms with E-state index in [0.717, 1.165) is 5.69 Å². The standard InChI is InChI=1S/C10H15N3O2S/c11-10(16)9-7-8(1-2-12-9)13(3-5-14)4-6-15/h1-2,7,14-15H,3-6H2,(H2,11,16). The Balaban J connectivity index is 2.90. The smallest absolute Gasteiger partial charge is 0.122 e. The number of aromatic nitrogens is 1. The Morgan fingerprint density at radius 1 is 1.38 bits per heavy atom. The second kappa shape index (κ2) is 6.37. The van der Waals surface area contributed by atoms with Crippen LogP contribution in [0.3, 0.4) is 0 Å². The number of thiocarbonyl (C=S) groups is 1. The van der Waals surface area contributed by atoms with E-state index in [1.54, 1.807) is 18.3 Å². The molecule has 0 amide bonds. The van der Waals surface area contributed by atoms with E-state index in [1.165, 1.54) is 0 Å². The van der Waals surface area contributed by atoms with Crippen molar-refractivity contribution in [3.05, 3.63) is 24.0 Å². The van der Waals surface area contributed by atoms with Gasteiger partial charge < -0.3 is 20.8 Å². The highest BCUT2D eigenvalue weighted by molar-refractivity contribution is 7.80. The third-order valence-corrected chi connectivity index (χ3v) is 2.31. The van der Waals surface area contributed by atoms with E-state index in [4.69, 9.17) is 28.2 Å². The molecule has 1 aromatic heterocycles. The molecule has 0 aliphatic heterocycles. The molecule has 0 atom stereocenters. The van der Waals surface area contributed by atoms with Gasteiger partial charge in [0.25, 0.3) is 0 Å². The summed E-state index contributed by atoms with van der Waals surface area (Å²) in [6, 6.07) is 3.53. The van der Waals surface area contributed by atoms with Crippen LogP contribution < -0.4 is 10.6 Å². The first-order valence-corrected chi connectivity index (χ1v) is 5.32. The van der Waals surface area contributed by atoms with Crippen molar-refractivity contribution in [1.82, 2.24) is 4.98 Å². The molecular formula is C10H15N3O2S. The summed E-state index contributed by atoms with van der Waals surface area (Å²) in [6.45, 7) is 0.929. The lowest BCUT2D eigenvalue weighted by molar-refractivity contribution is 0.281. The fourth-order valence-electron chi connectivity index (χ4n) is 1.36. The Labute approximate surface area is 99.5 Å². The summed E-state index contributed by atoms with van der Waals surface area (Å²) in [6.07, 6.45) is 1.60. The zero-order valence-corrected chi connectivity index (χ0v) is 9.65. The first kappa shape index (κ1) is 12.8. The predicted molar refractivity (Wildman–Crippen MR) is 66.5 cm³/mol. The lowest BCUT2D eigenvalue weighted by atomic mass is 10.3. The van der Waals surface area contributed by atoms with Crippen LogP contribution in [0.4, 0.5) is 5.69 Å². The van der Waals surface area contributed by atoms with Crippen LogP contribution in [0.1, 0.15) is 5.69 Å². The van der Waals surface area contributed by atoms with Gasteiger partial charge in [0.15, 0.2) is 0 Å². The minimum absolute atomic E-state index is 0.0186. The van der Waals surface area contributed by atoms with E-state index in [1.807, 2.05) is 4.90 Å². The Morgan fingerprint density at radius 2 is 2.00 bits per heavy atom. The minimum atomic E-state index is 0.0186. The topological polar surface area (TPSA) is 82.6 Å². The summed E-state index contributed by atoms with van der Waals surface area (Å²) in [7, 11) is 0. The zero-order chi connectivity index (χ0) is 12.0.